The number of nitrogens with one attached hydrogen (secondary N) is 1. The minimum atomic E-state index is -0.437. The summed E-state index contributed by atoms with van der Waals surface area (Å²) in [5.74, 6) is 1.43. The van der Waals surface area contributed by atoms with E-state index in [1.807, 2.05) is 24.3 Å². The second-order valence-electron chi connectivity index (χ2n) is 5.57. The molecule has 0 spiro atoms. The Balaban J connectivity index is 1.56. The van der Waals surface area contributed by atoms with E-state index >= 15 is 0 Å². The summed E-state index contributed by atoms with van der Waals surface area (Å²) in [6.45, 7) is 1.36. The molecular formula is C15H20N2O4. The van der Waals surface area contributed by atoms with Gasteiger partial charge in [-0.3, -0.25) is 4.79 Å². The van der Waals surface area contributed by atoms with Crippen LogP contribution in [0.4, 0.5) is 0 Å². The summed E-state index contributed by atoms with van der Waals surface area (Å²) in [7, 11) is 1.75. The number of likely N-dealkylation sites (N-methyl/N-ethyl adjacent to an activating group) is 1. The number of rotatable bonds is 3. The van der Waals surface area contributed by atoms with Crippen molar-refractivity contribution in [2.45, 2.75) is 24.7 Å². The summed E-state index contributed by atoms with van der Waals surface area (Å²) in [6.07, 6.45) is -0.151. The fraction of sp³-hybridized carbons (Fsp3) is 0.533. The van der Waals surface area contributed by atoms with Gasteiger partial charge in [-0.05, 0) is 18.6 Å². The average molecular weight is 292 g/mol. The maximum Gasteiger partial charge on any atom is 0.239 e. The van der Waals surface area contributed by atoms with E-state index in [1.54, 1.807) is 11.9 Å². The molecule has 2 aliphatic rings. The van der Waals surface area contributed by atoms with Crippen LogP contribution < -0.4 is 14.8 Å². The predicted octanol–water partition coefficient (Wildman–Crippen LogP) is 0.00760. The summed E-state index contributed by atoms with van der Waals surface area (Å²) in [5, 5.41) is 12.5. The minimum absolute atomic E-state index is 0.0194. The Bertz CT molecular complexity index is 522. The monoisotopic (exact) mass is 292 g/mol. The third-order valence-electron chi connectivity index (χ3n) is 3.83. The van der Waals surface area contributed by atoms with Gasteiger partial charge < -0.3 is 24.8 Å². The van der Waals surface area contributed by atoms with E-state index < -0.39 is 6.10 Å². The SMILES string of the molecule is CN(CC1COc2ccccc2O1)C(=O)C1CC(O)CN1. The van der Waals surface area contributed by atoms with Crippen molar-refractivity contribution in [2.24, 2.45) is 0 Å². The summed E-state index contributed by atoms with van der Waals surface area (Å²) >= 11 is 0. The largest absolute Gasteiger partial charge is 0.486 e. The Morgan fingerprint density at radius 1 is 1.43 bits per heavy atom. The number of amides is 1. The summed E-state index contributed by atoms with van der Waals surface area (Å²) in [5.41, 5.74) is 0. The summed E-state index contributed by atoms with van der Waals surface area (Å²) in [6, 6.07) is 7.21. The van der Waals surface area contributed by atoms with Gasteiger partial charge in [-0.15, -0.1) is 0 Å². The quantitative estimate of drug-likeness (QED) is 0.821. The van der Waals surface area contributed by atoms with Crippen LogP contribution in [0.2, 0.25) is 0 Å². The molecule has 1 saturated heterocycles. The number of fused-ring (bicyclic) bond motifs is 1. The van der Waals surface area contributed by atoms with Crippen LogP contribution in [-0.2, 0) is 4.79 Å². The van der Waals surface area contributed by atoms with Gasteiger partial charge in [0, 0.05) is 13.6 Å². The first-order chi connectivity index (χ1) is 10.1. The van der Waals surface area contributed by atoms with Crippen molar-refractivity contribution >= 4 is 5.91 Å². The summed E-state index contributed by atoms with van der Waals surface area (Å²) < 4.78 is 11.5. The molecule has 6 heteroatoms. The van der Waals surface area contributed by atoms with Crippen LogP contribution in [0.25, 0.3) is 0 Å². The minimum Gasteiger partial charge on any atom is -0.486 e. The third-order valence-corrected chi connectivity index (χ3v) is 3.83. The molecule has 3 atom stereocenters. The molecule has 1 aromatic rings. The normalized spacial score (nSPS) is 27.4. The van der Waals surface area contributed by atoms with Gasteiger partial charge >= 0.3 is 0 Å². The maximum atomic E-state index is 12.3. The van der Waals surface area contributed by atoms with Crippen LogP contribution in [0.5, 0.6) is 11.5 Å². The highest BCUT2D eigenvalue weighted by Crippen LogP contribution is 2.31. The van der Waals surface area contributed by atoms with E-state index in [2.05, 4.69) is 5.32 Å². The molecule has 1 fully saturated rings. The van der Waals surface area contributed by atoms with E-state index in [4.69, 9.17) is 9.47 Å². The fourth-order valence-electron chi connectivity index (χ4n) is 2.72. The number of aliphatic hydroxyl groups excluding tert-OH is 1. The first kappa shape index (κ1) is 14.2. The van der Waals surface area contributed by atoms with E-state index in [9.17, 15) is 9.90 Å². The molecule has 1 amide bonds. The van der Waals surface area contributed by atoms with Crippen LogP contribution in [0.1, 0.15) is 6.42 Å². The first-order valence-electron chi connectivity index (χ1n) is 7.18. The number of benzene rings is 1. The summed E-state index contributed by atoms with van der Waals surface area (Å²) in [4.78, 5) is 13.9. The lowest BCUT2D eigenvalue weighted by Gasteiger charge is -2.30. The topological polar surface area (TPSA) is 71.0 Å². The number of hydrogen-bond donors (Lipinski definition) is 2. The van der Waals surface area contributed by atoms with Gasteiger partial charge in [0.25, 0.3) is 0 Å². The zero-order valence-corrected chi connectivity index (χ0v) is 12.0. The molecule has 3 rings (SSSR count). The number of carbonyl (C=O) groups is 1. The predicted molar refractivity (Wildman–Crippen MR) is 76.4 cm³/mol. The lowest BCUT2D eigenvalue weighted by Crippen LogP contribution is -2.47. The molecule has 0 bridgehead atoms. The van der Waals surface area contributed by atoms with Crippen LogP contribution >= 0.6 is 0 Å². The first-order valence-corrected chi connectivity index (χ1v) is 7.18. The average Bonchev–Trinajstić information content (AvgIpc) is 2.93. The molecule has 0 radical (unpaired) electrons. The molecule has 0 aromatic heterocycles. The van der Waals surface area contributed by atoms with Crippen molar-refractivity contribution in [3.63, 3.8) is 0 Å². The molecule has 2 heterocycles. The van der Waals surface area contributed by atoms with Gasteiger partial charge in [0.1, 0.15) is 6.61 Å². The van der Waals surface area contributed by atoms with Crippen LogP contribution in [-0.4, -0.2) is 60.9 Å². The Morgan fingerprint density at radius 3 is 2.90 bits per heavy atom. The molecule has 0 saturated carbocycles. The fourth-order valence-corrected chi connectivity index (χ4v) is 2.72. The number of carbonyl (C=O) groups excluding carboxylic acids is 1. The Morgan fingerprint density at radius 2 is 2.19 bits per heavy atom. The van der Waals surface area contributed by atoms with Gasteiger partial charge in [0.15, 0.2) is 17.6 Å². The number of para-hydroxylation sites is 2. The van der Waals surface area contributed by atoms with E-state index in [-0.39, 0.29) is 18.1 Å². The smallest absolute Gasteiger partial charge is 0.239 e. The van der Waals surface area contributed by atoms with Crippen molar-refractivity contribution in [1.82, 2.24) is 10.2 Å². The molecular weight excluding hydrogens is 272 g/mol. The van der Waals surface area contributed by atoms with E-state index in [1.165, 1.54) is 0 Å². The van der Waals surface area contributed by atoms with Crippen LogP contribution in [0, 0.1) is 0 Å². The second-order valence-corrected chi connectivity index (χ2v) is 5.57. The Kier molecular flexibility index (Phi) is 3.98. The van der Waals surface area contributed by atoms with E-state index in [0.717, 1.165) is 5.75 Å². The maximum absolute atomic E-state index is 12.3. The Hall–Kier alpha value is -1.79. The molecule has 0 aliphatic carbocycles. The van der Waals surface area contributed by atoms with Crippen LogP contribution in [0.3, 0.4) is 0 Å². The number of nitrogens with zero attached hydrogens (tertiary/aromatic N) is 1. The third kappa shape index (κ3) is 3.11. The number of β-amino-alcohol motifs (C(OH)–C–C–N with tert-alkyl or cyclic N) is 1. The highest BCUT2D eigenvalue weighted by atomic mass is 16.6. The van der Waals surface area contributed by atoms with Gasteiger partial charge in [0.05, 0.1) is 18.7 Å². The van der Waals surface area contributed by atoms with E-state index in [0.29, 0.717) is 31.9 Å². The van der Waals surface area contributed by atoms with Crippen molar-refractivity contribution in [3.05, 3.63) is 24.3 Å². The van der Waals surface area contributed by atoms with Gasteiger partial charge in [0.2, 0.25) is 5.91 Å². The number of aliphatic hydroxyl groups is 1. The van der Waals surface area contributed by atoms with Crippen molar-refractivity contribution < 1.29 is 19.4 Å². The zero-order chi connectivity index (χ0) is 14.8. The lowest BCUT2D eigenvalue weighted by molar-refractivity contribution is -0.133. The second kappa shape index (κ2) is 5.91. The van der Waals surface area contributed by atoms with Gasteiger partial charge in [-0.1, -0.05) is 12.1 Å². The molecule has 1 aromatic carbocycles. The molecule has 2 N–H and O–H groups in total. The molecule has 2 aliphatic heterocycles. The standard InChI is InChI=1S/C15H20N2O4/c1-17(15(19)12-6-10(18)7-16-12)8-11-9-20-13-4-2-3-5-14(13)21-11/h2-5,10-12,16,18H,6-9H2,1H3. The van der Waals surface area contributed by atoms with Crippen molar-refractivity contribution in [1.29, 1.82) is 0 Å². The Labute approximate surface area is 123 Å². The van der Waals surface area contributed by atoms with Crippen molar-refractivity contribution in [2.75, 3.05) is 26.7 Å². The number of ether oxygens (including phenoxy) is 2. The zero-order valence-electron chi connectivity index (χ0n) is 12.0. The van der Waals surface area contributed by atoms with Gasteiger partial charge in [-0.25, -0.2) is 0 Å². The van der Waals surface area contributed by atoms with Crippen LogP contribution in [0.15, 0.2) is 24.3 Å². The van der Waals surface area contributed by atoms with Gasteiger partial charge in [-0.2, -0.15) is 0 Å². The lowest BCUT2D eigenvalue weighted by atomic mass is 10.1. The number of hydrogen-bond acceptors (Lipinski definition) is 5. The molecule has 114 valence electrons. The highest BCUT2D eigenvalue weighted by molar-refractivity contribution is 5.82. The molecule has 21 heavy (non-hydrogen) atoms. The van der Waals surface area contributed by atoms with Crippen molar-refractivity contribution in [3.8, 4) is 11.5 Å². The highest BCUT2D eigenvalue weighted by Gasteiger charge is 2.32. The molecule has 6 nitrogen and oxygen atoms in total. The molecule has 3 unspecified atom stereocenters.